The van der Waals surface area contributed by atoms with E-state index < -0.39 is 6.55 Å². The fourth-order valence-corrected chi connectivity index (χ4v) is 2.40. The van der Waals surface area contributed by atoms with Gasteiger partial charge in [-0.3, -0.25) is 14.3 Å². The van der Waals surface area contributed by atoms with Crippen LogP contribution in [0.15, 0.2) is 12.4 Å². The number of ether oxygens (including phenoxy) is 1. The number of alkyl halides is 2. The van der Waals surface area contributed by atoms with Gasteiger partial charge < -0.3 is 4.74 Å². The Kier molecular flexibility index (Phi) is 4.47. The molecule has 1 atom stereocenters. The van der Waals surface area contributed by atoms with Crippen LogP contribution in [0, 0.1) is 5.92 Å². The Bertz CT molecular complexity index is 436. The molecule has 2 heterocycles. The third-order valence-corrected chi connectivity index (χ3v) is 3.36. The summed E-state index contributed by atoms with van der Waals surface area (Å²) in [4.78, 5) is 17.4. The zero-order valence-corrected chi connectivity index (χ0v) is 10.8. The highest BCUT2D eigenvalue weighted by atomic mass is 19.3. The predicted octanol–water partition coefficient (Wildman–Crippen LogP) is 1.66. The Hall–Kier alpha value is -1.50. The minimum atomic E-state index is -2.58. The van der Waals surface area contributed by atoms with E-state index in [0.29, 0.717) is 18.9 Å². The maximum atomic E-state index is 12.7. The normalized spacial score (nSPS) is 20.7. The summed E-state index contributed by atoms with van der Waals surface area (Å²) in [6.07, 6.45) is 4.27. The molecule has 0 bridgehead atoms. The molecule has 1 aliphatic rings. The molecule has 0 radical (unpaired) electrons. The number of methoxy groups -OCH3 is 1. The summed E-state index contributed by atoms with van der Waals surface area (Å²) in [6, 6.07) is 0. The second-order valence-corrected chi connectivity index (χ2v) is 4.63. The van der Waals surface area contributed by atoms with Crippen molar-refractivity contribution in [3.8, 4) is 0 Å². The second kappa shape index (κ2) is 6.10. The average Bonchev–Trinajstić information content (AvgIpc) is 2.86. The van der Waals surface area contributed by atoms with Gasteiger partial charge in [-0.1, -0.05) is 0 Å². The predicted molar refractivity (Wildman–Crippen MR) is 63.5 cm³/mol. The number of piperidine rings is 1. The molecule has 5 nitrogen and oxygen atoms in total. The fourth-order valence-electron chi connectivity index (χ4n) is 2.40. The lowest BCUT2D eigenvalue weighted by atomic mass is 9.98. The lowest BCUT2D eigenvalue weighted by Crippen LogP contribution is -2.39. The van der Waals surface area contributed by atoms with Crippen molar-refractivity contribution in [3.05, 3.63) is 18.2 Å². The molecule has 0 aromatic carbocycles. The van der Waals surface area contributed by atoms with Crippen molar-refractivity contribution in [2.45, 2.75) is 25.9 Å². The van der Waals surface area contributed by atoms with E-state index in [2.05, 4.69) is 4.98 Å². The molecule has 1 fully saturated rings. The Balaban J connectivity index is 1.99. The van der Waals surface area contributed by atoms with Gasteiger partial charge in [0.2, 0.25) is 0 Å². The smallest absolute Gasteiger partial charge is 0.319 e. The highest BCUT2D eigenvalue weighted by Crippen LogP contribution is 2.20. The molecular weight excluding hydrogens is 256 g/mol. The van der Waals surface area contributed by atoms with Crippen LogP contribution in [0.3, 0.4) is 0 Å². The Morgan fingerprint density at radius 3 is 3.11 bits per heavy atom. The molecule has 0 saturated carbocycles. The van der Waals surface area contributed by atoms with Crippen molar-refractivity contribution in [3.63, 3.8) is 0 Å². The molecular formula is C12H17F2N3O2. The van der Waals surface area contributed by atoms with Crippen molar-refractivity contribution in [2.75, 3.05) is 20.2 Å². The van der Waals surface area contributed by atoms with Gasteiger partial charge in [-0.15, -0.1) is 0 Å². The summed E-state index contributed by atoms with van der Waals surface area (Å²) in [5, 5.41) is 0. The number of nitrogens with zero attached hydrogens (tertiary/aromatic N) is 3. The van der Waals surface area contributed by atoms with E-state index in [1.807, 2.05) is 4.90 Å². The van der Waals surface area contributed by atoms with Crippen LogP contribution in [0.1, 0.15) is 25.2 Å². The van der Waals surface area contributed by atoms with Gasteiger partial charge in [0.05, 0.1) is 19.6 Å². The molecule has 0 spiro atoms. The molecule has 1 saturated heterocycles. The van der Waals surface area contributed by atoms with Crippen LogP contribution in [0.5, 0.6) is 0 Å². The number of rotatable bonds is 4. The van der Waals surface area contributed by atoms with Crippen LogP contribution in [-0.4, -0.2) is 40.6 Å². The third kappa shape index (κ3) is 3.28. The van der Waals surface area contributed by atoms with Gasteiger partial charge in [0, 0.05) is 18.9 Å². The molecule has 1 aliphatic heterocycles. The van der Waals surface area contributed by atoms with Crippen molar-refractivity contribution >= 4 is 5.97 Å². The van der Waals surface area contributed by atoms with E-state index in [1.54, 1.807) is 0 Å². The van der Waals surface area contributed by atoms with E-state index >= 15 is 0 Å². The first-order chi connectivity index (χ1) is 9.11. The molecule has 106 valence electrons. The molecule has 0 amide bonds. The number of hydrogen-bond donors (Lipinski definition) is 0. The molecule has 7 heteroatoms. The van der Waals surface area contributed by atoms with E-state index in [-0.39, 0.29) is 11.9 Å². The molecule has 1 aromatic heterocycles. The van der Waals surface area contributed by atoms with Crippen molar-refractivity contribution in [2.24, 2.45) is 5.92 Å². The maximum Gasteiger partial charge on any atom is 0.319 e. The number of likely N-dealkylation sites (tertiary alicyclic amines) is 1. The first-order valence-electron chi connectivity index (χ1n) is 6.22. The highest BCUT2D eigenvalue weighted by Gasteiger charge is 2.27. The van der Waals surface area contributed by atoms with Gasteiger partial charge in [-0.05, 0) is 19.4 Å². The minimum Gasteiger partial charge on any atom is -0.469 e. The van der Waals surface area contributed by atoms with Gasteiger partial charge in [0.15, 0.2) is 0 Å². The average molecular weight is 273 g/mol. The lowest BCUT2D eigenvalue weighted by molar-refractivity contribution is -0.147. The summed E-state index contributed by atoms with van der Waals surface area (Å²) in [6.45, 7) is -0.948. The Morgan fingerprint density at radius 2 is 2.42 bits per heavy atom. The standard InChI is InChI=1S/C12H17F2N3O2/c1-19-11(18)9-3-2-5-16(7-9)8-10-15-4-6-17(10)12(13)14/h4,6,9,12H,2-3,5,7-8H2,1H3/t9-/m0/s1. The number of aromatic nitrogens is 2. The second-order valence-electron chi connectivity index (χ2n) is 4.63. The lowest BCUT2D eigenvalue weighted by Gasteiger charge is -2.30. The fraction of sp³-hybridized carbons (Fsp3) is 0.667. The highest BCUT2D eigenvalue weighted by molar-refractivity contribution is 5.72. The summed E-state index contributed by atoms with van der Waals surface area (Å²) in [5.41, 5.74) is 0. The van der Waals surface area contributed by atoms with Crippen molar-refractivity contribution < 1.29 is 18.3 Å². The van der Waals surface area contributed by atoms with E-state index in [0.717, 1.165) is 24.0 Å². The van der Waals surface area contributed by atoms with E-state index in [9.17, 15) is 13.6 Å². The number of halogens is 2. The van der Waals surface area contributed by atoms with Gasteiger partial charge >= 0.3 is 12.5 Å². The van der Waals surface area contributed by atoms with Crippen LogP contribution in [-0.2, 0) is 16.1 Å². The minimum absolute atomic E-state index is 0.172. The quantitative estimate of drug-likeness (QED) is 0.783. The SMILES string of the molecule is COC(=O)[C@H]1CCCN(Cc2nccn2C(F)F)C1. The van der Waals surface area contributed by atoms with E-state index in [4.69, 9.17) is 4.74 Å². The molecule has 1 aromatic rings. The third-order valence-electron chi connectivity index (χ3n) is 3.36. The molecule has 2 rings (SSSR count). The summed E-state index contributed by atoms with van der Waals surface area (Å²) in [5.74, 6) is -0.0869. The summed E-state index contributed by atoms with van der Waals surface area (Å²) < 4.78 is 31.0. The Labute approximate surface area is 110 Å². The zero-order valence-electron chi connectivity index (χ0n) is 10.8. The van der Waals surface area contributed by atoms with Crippen LogP contribution < -0.4 is 0 Å². The number of carbonyl (C=O) groups is 1. The maximum absolute atomic E-state index is 12.7. The van der Waals surface area contributed by atoms with E-state index in [1.165, 1.54) is 19.5 Å². The Morgan fingerprint density at radius 1 is 1.63 bits per heavy atom. The molecule has 0 aliphatic carbocycles. The number of imidazole rings is 1. The zero-order chi connectivity index (χ0) is 13.8. The number of esters is 1. The van der Waals surface area contributed by atoms with Crippen LogP contribution in [0.4, 0.5) is 8.78 Å². The number of carbonyl (C=O) groups excluding carboxylic acids is 1. The van der Waals surface area contributed by atoms with Crippen LogP contribution in [0.25, 0.3) is 0 Å². The first-order valence-corrected chi connectivity index (χ1v) is 6.22. The summed E-state index contributed by atoms with van der Waals surface area (Å²) >= 11 is 0. The first kappa shape index (κ1) is 13.9. The summed E-state index contributed by atoms with van der Waals surface area (Å²) in [7, 11) is 1.37. The van der Waals surface area contributed by atoms with Crippen molar-refractivity contribution in [1.82, 2.24) is 14.5 Å². The van der Waals surface area contributed by atoms with Gasteiger partial charge in [-0.25, -0.2) is 4.98 Å². The van der Waals surface area contributed by atoms with Gasteiger partial charge in [0.25, 0.3) is 0 Å². The molecule has 0 N–H and O–H groups in total. The van der Waals surface area contributed by atoms with Crippen molar-refractivity contribution in [1.29, 1.82) is 0 Å². The molecule has 0 unspecified atom stereocenters. The van der Waals surface area contributed by atoms with Gasteiger partial charge in [0.1, 0.15) is 5.82 Å². The van der Waals surface area contributed by atoms with Crippen LogP contribution in [0.2, 0.25) is 0 Å². The molecule has 19 heavy (non-hydrogen) atoms. The van der Waals surface area contributed by atoms with Crippen LogP contribution >= 0.6 is 0 Å². The number of hydrogen-bond acceptors (Lipinski definition) is 4. The largest absolute Gasteiger partial charge is 0.469 e. The topological polar surface area (TPSA) is 47.4 Å². The van der Waals surface area contributed by atoms with Gasteiger partial charge in [-0.2, -0.15) is 8.78 Å². The monoisotopic (exact) mass is 273 g/mol.